The van der Waals surface area contributed by atoms with Crippen molar-refractivity contribution in [3.8, 4) is 0 Å². The molecular formula is C18H30N4O2. The van der Waals surface area contributed by atoms with Crippen molar-refractivity contribution >= 4 is 5.97 Å². The molecule has 1 heterocycles. The Morgan fingerprint density at radius 1 is 1.46 bits per heavy atom. The highest BCUT2D eigenvalue weighted by Gasteiger charge is 2.36. The van der Waals surface area contributed by atoms with Crippen molar-refractivity contribution in [2.24, 2.45) is 5.92 Å². The monoisotopic (exact) mass is 334 g/mol. The predicted octanol–water partition coefficient (Wildman–Crippen LogP) is 2.19. The fraction of sp³-hybridized carbons (Fsp3) is 0.778. The summed E-state index contributed by atoms with van der Waals surface area (Å²) in [6.45, 7) is 8.33. The number of aryl methyl sites for hydroxylation is 1. The smallest absolute Gasteiger partial charge is 0.317 e. The largest absolute Gasteiger partial charge is 0.480 e. The maximum Gasteiger partial charge on any atom is 0.317 e. The minimum atomic E-state index is -0.705. The summed E-state index contributed by atoms with van der Waals surface area (Å²) in [5, 5.41) is 17.3. The second-order valence-corrected chi connectivity index (χ2v) is 7.78. The van der Waals surface area contributed by atoms with Gasteiger partial charge in [-0.05, 0) is 52.4 Å². The average Bonchev–Trinajstić information content (AvgIpc) is 3.18. The molecule has 0 bridgehead atoms. The van der Waals surface area contributed by atoms with Gasteiger partial charge in [0, 0.05) is 43.0 Å². The summed E-state index contributed by atoms with van der Waals surface area (Å²) >= 11 is 0. The van der Waals surface area contributed by atoms with Gasteiger partial charge >= 0.3 is 5.97 Å². The first-order valence-electron chi connectivity index (χ1n) is 9.16. The Morgan fingerprint density at radius 3 is 2.71 bits per heavy atom. The number of nitrogens with one attached hydrogen (secondary N) is 1. The SMILES string of the molecule is Cc1nn(C(C)C)cc1CNC1CC(N(CC(=O)O)CC2CC2)C1. The molecule has 6 nitrogen and oxygen atoms in total. The Bertz CT molecular complexity index is 574. The average molecular weight is 334 g/mol. The zero-order valence-electron chi connectivity index (χ0n) is 15.0. The third kappa shape index (κ3) is 4.36. The predicted molar refractivity (Wildman–Crippen MR) is 92.9 cm³/mol. The number of hydrogen-bond donors (Lipinski definition) is 2. The summed E-state index contributed by atoms with van der Waals surface area (Å²) in [6.07, 6.45) is 6.77. The number of carboxylic acid groups (broad SMARTS) is 1. The lowest BCUT2D eigenvalue weighted by molar-refractivity contribution is -0.139. The van der Waals surface area contributed by atoms with E-state index in [0.717, 1.165) is 37.5 Å². The Hall–Kier alpha value is -1.40. The van der Waals surface area contributed by atoms with Gasteiger partial charge in [0.25, 0.3) is 0 Å². The molecule has 24 heavy (non-hydrogen) atoms. The standard InChI is InChI=1S/C18H30N4O2/c1-12(2)22-10-15(13(3)20-22)8-19-16-6-17(7-16)21(11-18(23)24)9-14-4-5-14/h10,12,14,16-17,19H,4-9,11H2,1-3H3,(H,23,24). The fourth-order valence-corrected chi connectivity index (χ4v) is 3.41. The van der Waals surface area contributed by atoms with Crippen LogP contribution >= 0.6 is 0 Å². The van der Waals surface area contributed by atoms with Crippen LogP contribution in [0.1, 0.15) is 56.8 Å². The van der Waals surface area contributed by atoms with Crippen LogP contribution in [0, 0.1) is 12.8 Å². The third-order valence-electron chi connectivity index (χ3n) is 5.29. The number of aliphatic carboxylic acids is 1. The van der Waals surface area contributed by atoms with Crippen LogP contribution in [0.5, 0.6) is 0 Å². The molecule has 2 aliphatic carbocycles. The van der Waals surface area contributed by atoms with E-state index in [0.29, 0.717) is 18.1 Å². The molecule has 6 heteroatoms. The first-order valence-corrected chi connectivity index (χ1v) is 9.16. The number of aromatic nitrogens is 2. The minimum Gasteiger partial charge on any atom is -0.480 e. The van der Waals surface area contributed by atoms with E-state index in [1.165, 1.54) is 18.4 Å². The van der Waals surface area contributed by atoms with Crippen LogP contribution in [0.15, 0.2) is 6.20 Å². The number of carbonyl (C=O) groups is 1. The van der Waals surface area contributed by atoms with Gasteiger partial charge in [0.2, 0.25) is 0 Å². The van der Waals surface area contributed by atoms with Gasteiger partial charge in [0.15, 0.2) is 0 Å². The van der Waals surface area contributed by atoms with Gasteiger partial charge in [0.1, 0.15) is 0 Å². The Kier molecular flexibility index (Phi) is 5.25. The lowest BCUT2D eigenvalue weighted by Crippen LogP contribution is -2.54. The molecule has 0 aromatic carbocycles. The van der Waals surface area contributed by atoms with E-state index in [2.05, 4.69) is 42.3 Å². The molecule has 0 radical (unpaired) electrons. The van der Waals surface area contributed by atoms with Crippen molar-refractivity contribution in [3.63, 3.8) is 0 Å². The van der Waals surface area contributed by atoms with Crippen molar-refractivity contribution < 1.29 is 9.90 Å². The first-order chi connectivity index (χ1) is 11.4. The molecule has 134 valence electrons. The summed E-state index contributed by atoms with van der Waals surface area (Å²) in [6, 6.07) is 1.31. The summed E-state index contributed by atoms with van der Waals surface area (Å²) in [5.74, 6) is 0.0321. The molecule has 2 saturated carbocycles. The Labute approximate surface area is 144 Å². The second-order valence-electron chi connectivity index (χ2n) is 7.78. The quantitative estimate of drug-likeness (QED) is 0.724. The van der Waals surface area contributed by atoms with Crippen LogP contribution in [-0.2, 0) is 11.3 Å². The molecule has 0 spiro atoms. The molecule has 0 atom stereocenters. The van der Waals surface area contributed by atoms with Crippen molar-refractivity contribution in [2.45, 2.75) is 71.1 Å². The molecular weight excluding hydrogens is 304 g/mol. The molecule has 2 aliphatic rings. The van der Waals surface area contributed by atoms with Crippen molar-refractivity contribution in [2.75, 3.05) is 13.1 Å². The second kappa shape index (κ2) is 7.23. The Balaban J connectivity index is 1.45. The van der Waals surface area contributed by atoms with Crippen LogP contribution in [0.2, 0.25) is 0 Å². The van der Waals surface area contributed by atoms with Crippen molar-refractivity contribution in [3.05, 3.63) is 17.5 Å². The summed E-state index contributed by atoms with van der Waals surface area (Å²) in [5.41, 5.74) is 2.35. The molecule has 3 rings (SSSR count). The van der Waals surface area contributed by atoms with Crippen molar-refractivity contribution in [1.29, 1.82) is 0 Å². The summed E-state index contributed by atoms with van der Waals surface area (Å²) < 4.78 is 2.01. The van der Waals surface area contributed by atoms with Crippen LogP contribution in [0.3, 0.4) is 0 Å². The van der Waals surface area contributed by atoms with Crippen LogP contribution in [0.25, 0.3) is 0 Å². The van der Waals surface area contributed by atoms with E-state index < -0.39 is 5.97 Å². The van der Waals surface area contributed by atoms with Gasteiger partial charge in [-0.2, -0.15) is 5.10 Å². The minimum absolute atomic E-state index is 0.189. The van der Waals surface area contributed by atoms with Gasteiger partial charge in [-0.25, -0.2) is 0 Å². The van der Waals surface area contributed by atoms with Gasteiger partial charge in [-0.3, -0.25) is 14.4 Å². The van der Waals surface area contributed by atoms with Crippen LogP contribution < -0.4 is 5.32 Å². The van der Waals surface area contributed by atoms with E-state index in [1.54, 1.807) is 0 Å². The summed E-state index contributed by atoms with van der Waals surface area (Å²) in [7, 11) is 0. The number of nitrogens with zero attached hydrogens (tertiary/aromatic N) is 3. The summed E-state index contributed by atoms with van der Waals surface area (Å²) in [4.78, 5) is 13.3. The van der Waals surface area contributed by atoms with Gasteiger partial charge in [-0.1, -0.05) is 0 Å². The fourth-order valence-electron chi connectivity index (χ4n) is 3.41. The van der Waals surface area contributed by atoms with Gasteiger partial charge in [-0.15, -0.1) is 0 Å². The number of carboxylic acids is 1. The highest BCUT2D eigenvalue weighted by Crippen LogP contribution is 2.33. The number of rotatable bonds is 9. The van der Waals surface area contributed by atoms with Gasteiger partial charge in [0.05, 0.1) is 12.2 Å². The third-order valence-corrected chi connectivity index (χ3v) is 5.29. The molecule has 0 amide bonds. The highest BCUT2D eigenvalue weighted by molar-refractivity contribution is 5.69. The molecule has 1 aromatic heterocycles. The van der Waals surface area contributed by atoms with Gasteiger partial charge < -0.3 is 10.4 Å². The lowest BCUT2D eigenvalue weighted by atomic mass is 9.85. The van der Waals surface area contributed by atoms with Crippen LogP contribution in [0.4, 0.5) is 0 Å². The number of hydrogen-bond acceptors (Lipinski definition) is 4. The maximum absolute atomic E-state index is 11.1. The zero-order chi connectivity index (χ0) is 17.3. The first kappa shape index (κ1) is 17.4. The zero-order valence-corrected chi connectivity index (χ0v) is 15.0. The maximum atomic E-state index is 11.1. The Morgan fingerprint density at radius 2 is 2.17 bits per heavy atom. The van der Waals surface area contributed by atoms with E-state index in [9.17, 15) is 4.79 Å². The molecule has 2 fully saturated rings. The molecule has 2 N–H and O–H groups in total. The molecule has 0 aliphatic heterocycles. The van der Waals surface area contributed by atoms with Crippen molar-refractivity contribution in [1.82, 2.24) is 20.0 Å². The van der Waals surface area contributed by atoms with E-state index >= 15 is 0 Å². The van der Waals surface area contributed by atoms with E-state index in [-0.39, 0.29) is 6.54 Å². The normalized spacial score (nSPS) is 23.7. The topological polar surface area (TPSA) is 70.4 Å². The molecule has 1 aromatic rings. The molecule has 0 unspecified atom stereocenters. The highest BCUT2D eigenvalue weighted by atomic mass is 16.4. The molecule has 0 saturated heterocycles. The van der Waals surface area contributed by atoms with E-state index in [1.807, 2.05) is 4.68 Å². The lowest BCUT2D eigenvalue weighted by Gasteiger charge is -2.43. The van der Waals surface area contributed by atoms with Crippen LogP contribution in [-0.4, -0.2) is 50.9 Å². The van der Waals surface area contributed by atoms with E-state index in [4.69, 9.17) is 5.11 Å².